The van der Waals surface area contributed by atoms with E-state index >= 15 is 0 Å². The number of hydrogen-bond donors (Lipinski definition) is 2. The van der Waals surface area contributed by atoms with E-state index < -0.39 is 0 Å². The molecule has 0 unspecified atom stereocenters. The summed E-state index contributed by atoms with van der Waals surface area (Å²) in [5, 5.41) is 7.00. The van der Waals surface area contributed by atoms with E-state index in [9.17, 15) is 4.79 Å². The number of unbranched alkanes of at least 4 members (excludes halogenated alkanes) is 2. The van der Waals surface area contributed by atoms with Crippen LogP contribution in [-0.2, 0) is 4.79 Å². The van der Waals surface area contributed by atoms with Crippen molar-refractivity contribution in [2.45, 2.75) is 26.2 Å². The SMILES string of the molecule is CCCCCN1C(=O)COc2ccc(N)cc21.CO. The minimum absolute atomic E-state index is 0.0132. The van der Waals surface area contributed by atoms with Gasteiger partial charge in [0.15, 0.2) is 6.61 Å². The predicted octanol–water partition coefficient (Wildman–Crippen LogP) is 1.79. The highest BCUT2D eigenvalue weighted by molar-refractivity contribution is 5.98. The largest absolute Gasteiger partial charge is 0.482 e. The first-order valence-electron chi connectivity index (χ1n) is 6.49. The van der Waals surface area contributed by atoms with Gasteiger partial charge in [-0.25, -0.2) is 0 Å². The Kier molecular flexibility index (Phi) is 6.15. The van der Waals surface area contributed by atoms with Gasteiger partial charge in [0.1, 0.15) is 5.75 Å². The van der Waals surface area contributed by atoms with Crippen LogP contribution in [0, 0.1) is 0 Å². The molecule has 5 nitrogen and oxygen atoms in total. The van der Waals surface area contributed by atoms with E-state index in [1.807, 2.05) is 6.07 Å². The first kappa shape index (κ1) is 15.3. The molecule has 1 heterocycles. The van der Waals surface area contributed by atoms with Gasteiger partial charge in [-0.2, -0.15) is 0 Å². The van der Waals surface area contributed by atoms with Gasteiger partial charge in [0.05, 0.1) is 5.69 Å². The van der Waals surface area contributed by atoms with Crippen LogP contribution >= 0.6 is 0 Å². The summed E-state index contributed by atoms with van der Waals surface area (Å²) in [5.41, 5.74) is 7.21. The Bertz CT molecular complexity index is 421. The lowest BCUT2D eigenvalue weighted by molar-refractivity contribution is -0.121. The molecule has 0 spiro atoms. The molecule has 0 saturated heterocycles. The molecule has 0 aliphatic carbocycles. The molecule has 1 aliphatic heterocycles. The quantitative estimate of drug-likeness (QED) is 0.643. The Morgan fingerprint density at radius 3 is 2.79 bits per heavy atom. The second-order valence-corrected chi connectivity index (χ2v) is 4.27. The van der Waals surface area contributed by atoms with Crippen molar-refractivity contribution in [3.63, 3.8) is 0 Å². The average Bonchev–Trinajstić information content (AvgIpc) is 2.44. The monoisotopic (exact) mass is 266 g/mol. The molecule has 2 rings (SSSR count). The maximum atomic E-state index is 11.8. The molecule has 19 heavy (non-hydrogen) atoms. The number of fused-ring (bicyclic) bond motifs is 1. The number of benzene rings is 1. The van der Waals surface area contributed by atoms with E-state index in [1.54, 1.807) is 17.0 Å². The summed E-state index contributed by atoms with van der Waals surface area (Å²) in [7, 11) is 1.00. The molecule has 0 bridgehead atoms. The third-order valence-electron chi connectivity index (χ3n) is 2.91. The molecule has 0 fully saturated rings. The van der Waals surface area contributed by atoms with Gasteiger partial charge in [-0.1, -0.05) is 19.8 Å². The Morgan fingerprint density at radius 2 is 2.11 bits per heavy atom. The lowest BCUT2D eigenvalue weighted by atomic mass is 10.2. The molecule has 3 N–H and O–H groups in total. The van der Waals surface area contributed by atoms with Crippen molar-refractivity contribution in [3.05, 3.63) is 18.2 Å². The summed E-state index contributed by atoms with van der Waals surface area (Å²) in [6.45, 7) is 3.02. The van der Waals surface area contributed by atoms with Gasteiger partial charge in [0.25, 0.3) is 5.91 Å². The highest BCUT2D eigenvalue weighted by Gasteiger charge is 2.24. The number of aliphatic hydroxyl groups excluding tert-OH is 1. The van der Waals surface area contributed by atoms with Crippen molar-refractivity contribution in [2.24, 2.45) is 0 Å². The van der Waals surface area contributed by atoms with Crippen molar-refractivity contribution in [3.8, 4) is 5.75 Å². The average molecular weight is 266 g/mol. The molecule has 1 amide bonds. The standard InChI is InChI=1S/C13H18N2O2.CH4O/c1-2-3-4-7-15-11-8-10(14)5-6-12(11)17-9-13(15)16;1-2/h5-6,8H,2-4,7,9,14H2,1H3;2H,1H3. The molecule has 0 saturated carbocycles. The van der Waals surface area contributed by atoms with Crippen molar-refractivity contribution < 1.29 is 14.6 Å². The number of nitrogens with zero attached hydrogens (tertiary/aromatic N) is 1. The van der Waals surface area contributed by atoms with Gasteiger partial charge in [0.2, 0.25) is 0 Å². The van der Waals surface area contributed by atoms with Gasteiger partial charge in [-0.15, -0.1) is 0 Å². The van der Waals surface area contributed by atoms with Crippen LogP contribution in [-0.4, -0.2) is 31.3 Å². The maximum absolute atomic E-state index is 11.8. The molecule has 106 valence electrons. The molecular formula is C14H22N2O3. The Morgan fingerprint density at radius 1 is 1.37 bits per heavy atom. The minimum atomic E-state index is 0.0132. The van der Waals surface area contributed by atoms with E-state index in [1.165, 1.54) is 0 Å². The van der Waals surface area contributed by atoms with Crippen molar-refractivity contribution in [1.82, 2.24) is 0 Å². The zero-order chi connectivity index (χ0) is 14.3. The highest BCUT2D eigenvalue weighted by Crippen LogP contribution is 2.33. The minimum Gasteiger partial charge on any atom is -0.482 e. The van der Waals surface area contributed by atoms with E-state index in [0.29, 0.717) is 5.69 Å². The Labute approximate surface area is 114 Å². The van der Waals surface area contributed by atoms with Gasteiger partial charge in [-0.05, 0) is 24.6 Å². The predicted molar refractivity (Wildman–Crippen MR) is 76.4 cm³/mol. The molecule has 0 radical (unpaired) electrons. The number of anilines is 2. The second-order valence-electron chi connectivity index (χ2n) is 4.27. The molecular weight excluding hydrogens is 244 g/mol. The first-order valence-corrected chi connectivity index (χ1v) is 6.49. The normalized spacial score (nSPS) is 13.2. The molecule has 1 aromatic rings. The number of hydrogen-bond acceptors (Lipinski definition) is 4. The fourth-order valence-corrected chi connectivity index (χ4v) is 1.98. The van der Waals surface area contributed by atoms with Crippen LogP contribution in [0.1, 0.15) is 26.2 Å². The molecule has 0 atom stereocenters. The number of nitrogens with two attached hydrogens (primary N) is 1. The summed E-state index contributed by atoms with van der Waals surface area (Å²) in [6, 6.07) is 5.42. The van der Waals surface area contributed by atoms with E-state index in [4.69, 9.17) is 15.6 Å². The number of aliphatic hydroxyl groups is 1. The van der Waals surface area contributed by atoms with Crippen LogP contribution in [0.3, 0.4) is 0 Å². The fraction of sp³-hybridized carbons (Fsp3) is 0.500. The van der Waals surface area contributed by atoms with E-state index in [2.05, 4.69) is 6.92 Å². The summed E-state index contributed by atoms with van der Waals surface area (Å²) < 4.78 is 5.38. The van der Waals surface area contributed by atoms with E-state index in [-0.39, 0.29) is 12.5 Å². The topological polar surface area (TPSA) is 75.8 Å². The van der Waals surface area contributed by atoms with Crippen molar-refractivity contribution in [1.29, 1.82) is 0 Å². The number of carbonyl (C=O) groups is 1. The smallest absolute Gasteiger partial charge is 0.265 e. The van der Waals surface area contributed by atoms with Crippen LogP contribution in [0.25, 0.3) is 0 Å². The van der Waals surface area contributed by atoms with Crippen LogP contribution < -0.4 is 15.4 Å². The number of amides is 1. The number of carbonyl (C=O) groups excluding carboxylic acids is 1. The number of nitrogen functional groups attached to an aromatic ring is 1. The van der Waals surface area contributed by atoms with Crippen molar-refractivity contribution >= 4 is 17.3 Å². The first-order chi connectivity index (χ1) is 9.22. The second kappa shape index (κ2) is 7.63. The third-order valence-corrected chi connectivity index (χ3v) is 2.91. The summed E-state index contributed by atoms with van der Waals surface area (Å²) in [6.07, 6.45) is 3.28. The van der Waals surface area contributed by atoms with E-state index in [0.717, 1.165) is 44.4 Å². The highest BCUT2D eigenvalue weighted by atomic mass is 16.5. The zero-order valence-electron chi connectivity index (χ0n) is 11.6. The van der Waals surface area contributed by atoms with Crippen LogP contribution in [0.2, 0.25) is 0 Å². The van der Waals surface area contributed by atoms with Crippen LogP contribution in [0.15, 0.2) is 18.2 Å². The summed E-state index contributed by atoms with van der Waals surface area (Å²) in [4.78, 5) is 13.6. The summed E-state index contributed by atoms with van der Waals surface area (Å²) >= 11 is 0. The fourth-order valence-electron chi connectivity index (χ4n) is 1.98. The third kappa shape index (κ3) is 3.86. The number of ether oxygens (including phenoxy) is 1. The Hall–Kier alpha value is -1.75. The van der Waals surface area contributed by atoms with Gasteiger partial charge in [0, 0.05) is 19.3 Å². The van der Waals surface area contributed by atoms with Crippen molar-refractivity contribution in [2.75, 3.05) is 30.9 Å². The molecule has 5 heteroatoms. The van der Waals surface area contributed by atoms with Crippen LogP contribution in [0.4, 0.5) is 11.4 Å². The van der Waals surface area contributed by atoms with Gasteiger partial charge in [-0.3, -0.25) is 4.79 Å². The molecule has 1 aliphatic rings. The van der Waals surface area contributed by atoms with Gasteiger partial charge < -0.3 is 20.5 Å². The lowest BCUT2D eigenvalue weighted by Crippen LogP contribution is -2.39. The zero-order valence-corrected chi connectivity index (χ0v) is 11.6. The van der Waals surface area contributed by atoms with Gasteiger partial charge >= 0.3 is 0 Å². The Balaban J connectivity index is 0.000000861. The summed E-state index contributed by atoms with van der Waals surface area (Å²) in [5.74, 6) is 0.759. The molecule has 1 aromatic carbocycles. The maximum Gasteiger partial charge on any atom is 0.265 e. The lowest BCUT2D eigenvalue weighted by Gasteiger charge is -2.29. The molecule has 0 aromatic heterocycles. The number of rotatable bonds is 4. The van der Waals surface area contributed by atoms with Crippen LogP contribution in [0.5, 0.6) is 5.75 Å².